The fraction of sp³-hybridized carbons (Fsp3) is 0.0909. The van der Waals surface area contributed by atoms with Crippen LogP contribution in [0.25, 0.3) is 6.08 Å². The van der Waals surface area contributed by atoms with Gasteiger partial charge in [0.1, 0.15) is 5.82 Å². The van der Waals surface area contributed by atoms with E-state index in [4.69, 9.17) is 13.3 Å². The predicted octanol–water partition coefficient (Wildman–Crippen LogP) is 4.99. The first-order valence-corrected chi connectivity index (χ1v) is 8.47. The fourth-order valence-electron chi connectivity index (χ4n) is 2.68. The second-order valence-corrected chi connectivity index (χ2v) is 6.03. The number of hydrogen-bond donors (Lipinski definition) is 2. The number of hydrogen-bond acceptors (Lipinski definition) is 6. The maximum absolute atomic E-state index is 8.98. The zero-order valence-corrected chi connectivity index (χ0v) is 15.4. The number of rotatable bonds is 5. The van der Waals surface area contributed by atoms with E-state index in [1.54, 1.807) is 24.4 Å². The minimum absolute atomic E-state index is 0.0938. The summed E-state index contributed by atoms with van der Waals surface area (Å²) in [7, 11) is 0. The molecule has 2 aromatic carbocycles. The molecule has 0 radical (unpaired) electrons. The molecular weight excluding hydrogens is 348 g/mol. The molecule has 0 bridgehead atoms. The summed E-state index contributed by atoms with van der Waals surface area (Å²) < 4.78 is 15.9. The average molecular weight is 368 g/mol. The Balaban J connectivity index is 1.85. The van der Waals surface area contributed by atoms with E-state index in [9.17, 15) is 0 Å². The van der Waals surface area contributed by atoms with Crippen molar-refractivity contribution in [2.75, 3.05) is 10.6 Å². The molecule has 3 rings (SSSR count). The predicted molar refractivity (Wildman–Crippen MR) is 110 cm³/mol. The summed E-state index contributed by atoms with van der Waals surface area (Å²) in [5, 5.41) is 23.9. The van der Waals surface area contributed by atoms with Crippen molar-refractivity contribution in [3.8, 4) is 12.1 Å². The summed E-state index contributed by atoms with van der Waals surface area (Å²) in [6, 6.07) is 12.4. The highest BCUT2D eigenvalue weighted by molar-refractivity contribution is 5.69. The van der Waals surface area contributed by atoms with Crippen LogP contribution in [0.1, 0.15) is 25.0 Å². The van der Waals surface area contributed by atoms with Crippen molar-refractivity contribution >= 4 is 29.2 Å². The van der Waals surface area contributed by atoms with Crippen LogP contribution in [0, 0.1) is 36.5 Å². The molecule has 136 valence electrons. The molecule has 1 heterocycles. The van der Waals surface area contributed by atoms with Crippen LogP contribution in [0.15, 0.2) is 54.7 Å². The van der Waals surface area contributed by atoms with Crippen molar-refractivity contribution in [3.05, 3.63) is 76.9 Å². The van der Waals surface area contributed by atoms with E-state index >= 15 is 0 Å². The van der Waals surface area contributed by atoms with Gasteiger partial charge in [-0.25, -0.2) is 4.98 Å². The number of aryl methyl sites for hydroxylation is 2. The van der Waals surface area contributed by atoms with E-state index < -0.39 is 0 Å². The monoisotopic (exact) mass is 368 g/mol. The van der Waals surface area contributed by atoms with Gasteiger partial charge in [0.05, 0.1) is 20.4 Å². The third-order valence-electron chi connectivity index (χ3n) is 3.93. The molecule has 3 aromatic rings. The van der Waals surface area contributed by atoms with E-state index in [0.717, 1.165) is 22.4 Å². The van der Waals surface area contributed by atoms with E-state index in [1.165, 1.54) is 12.1 Å². The van der Waals surface area contributed by atoms with Crippen molar-refractivity contribution in [1.29, 1.82) is 10.5 Å². The number of nitrogens with zero attached hydrogens (tertiary/aromatic N) is 4. The molecule has 0 aliphatic carbocycles. The summed E-state index contributed by atoms with van der Waals surface area (Å²) in [4.78, 5) is 8.60. The lowest BCUT2D eigenvalue weighted by atomic mass is 10.0. The first kappa shape index (κ1) is 16.0. The highest BCUT2D eigenvalue weighted by Gasteiger charge is 2.07. The molecule has 0 spiro atoms. The zero-order valence-electron chi connectivity index (χ0n) is 17.4. The summed E-state index contributed by atoms with van der Waals surface area (Å²) in [5.41, 5.74) is 4.33. The van der Waals surface area contributed by atoms with E-state index in [1.807, 2.05) is 38.1 Å². The van der Waals surface area contributed by atoms with Crippen LogP contribution in [0.5, 0.6) is 0 Å². The highest BCUT2D eigenvalue weighted by Crippen LogP contribution is 2.26. The minimum Gasteiger partial charge on any atom is -0.340 e. The molecule has 0 atom stereocenters. The van der Waals surface area contributed by atoms with Gasteiger partial charge in [0, 0.05) is 23.6 Å². The normalized spacial score (nSPS) is 11.3. The maximum Gasteiger partial charge on any atom is 0.229 e. The largest absolute Gasteiger partial charge is 0.340 e. The Bertz CT molecular complexity index is 1200. The Labute approximate surface area is 166 Å². The van der Waals surface area contributed by atoms with Gasteiger partial charge in [0.15, 0.2) is 0 Å². The molecule has 28 heavy (non-hydrogen) atoms. The van der Waals surface area contributed by atoms with Crippen molar-refractivity contribution in [2.24, 2.45) is 0 Å². The molecule has 0 fully saturated rings. The summed E-state index contributed by atoms with van der Waals surface area (Å²) >= 11 is 0. The Morgan fingerprint density at radius 1 is 1.07 bits per heavy atom. The fourth-order valence-corrected chi connectivity index (χ4v) is 2.68. The van der Waals surface area contributed by atoms with Crippen LogP contribution in [0.2, 0.25) is 0 Å². The average Bonchev–Trinajstić information content (AvgIpc) is 2.73. The SMILES string of the molecule is [2H]c1c(C#N)ccc(Nc2nccc(Nc3c(C)cc(/C=C/C#N)cc3C)n2)c1[2H]. The lowest BCUT2D eigenvalue weighted by Gasteiger charge is -2.14. The van der Waals surface area contributed by atoms with Crippen LogP contribution in [0.3, 0.4) is 0 Å². The van der Waals surface area contributed by atoms with Gasteiger partial charge in [-0.1, -0.05) is 0 Å². The van der Waals surface area contributed by atoms with Crippen LogP contribution in [-0.2, 0) is 0 Å². The molecule has 0 aliphatic rings. The Hall–Kier alpha value is -4.16. The molecule has 0 amide bonds. The topological polar surface area (TPSA) is 97.4 Å². The van der Waals surface area contributed by atoms with Crippen LogP contribution in [-0.4, -0.2) is 9.97 Å². The summed E-state index contributed by atoms with van der Waals surface area (Å²) in [5.74, 6) is 0.826. The zero-order chi connectivity index (χ0) is 21.7. The van der Waals surface area contributed by atoms with E-state index in [-0.39, 0.29) is 23.6 Å². The second-order valence-electron chi connectivity index (χ2n) is 6.03. The van der Waals surface area contributed by atoms with E-state index in [2.05, 4.69) is 20.6 Å². The van der Waals surface area contributed by atoms with Crippen molar-refractivity contribution in [1.82, 2.24) is 9.97 Å². The van der Waals surface area contributed by atoms with Gasteiger partial charge >= 0.3 is 0 Å². The van der Waals surface area contributed by atoms with Gasteiger partial charge in [-0.15, -0.1) is 0 Å². The quantitative estimate of drug-likeness (QED) is 0.616. The molecule has 0 aliphatic heterocycles. The van der Waals surface area contributed by atoms with Gasteiger partial charge < -0.3 is 10.6 Å². The second kappa shape index (κ2) is 8.48. The molecule has 6 nitrogen and oxygen atoms in total. The highest BCUT2D eigenvalue weighted by atomic mass is 15.1. The number of allylic oxidation sites excluding steroid dienone is 1. The third-order valence-corrected chi connectivity index (χ3v) is 3.93. The summed E-state index contributed by atoms with van der Waals surface area (Å²) in [6.45, 7) is 3.94. The number of anilines is 4. The molecule has 1 aromatic heterocycles. The van der Waals surface area contributed by atoms with Crippen molar-refractivity contribution in [2.45, 2.75) is 13.8 Å². The van der Waals surface area contributed by atoms with Gasteiger partial charge in [-0.2, -0.15) is 15.5 Å². The molecular formula is C22H18N6. The number of aromatic nitrogens is 2. The van der Waals surface area contributed by atoms with Crippen LogP contribution >= 0.6 is 0 Å². The van der Waals surface area contributed by atoms with Gasteiger partial charge in [0.2, 0.25) is 5.95 Å². The smallest absolute Gasteiger partial charge is 0.229 e. The minimum atomic E-state index is -0.145. The van der Waals surface area contributed by atoms with E-state index in [0.29, 0.717) is 11.5 Å². The van der Waals surface area contributed by atoms with Crippen LogP contribution in [0.4, 0.5) is 23.1 Å². The number of nitriles is 2. The van der Waals surface area contributed by atoms with Crippen molar-refractivity contribution < 1.29 is 2.74 Å². The van der Waals surface area contributed by atoms with Gasteiger partial charge in [-0.05, 0) is 79.0 Å². The third kappa shape index (κ3) is 4.51. The first-order chi connectivity index (χ1) is 14.4. The van der Waals surface area contributed by atoms with Crippen molar-refractivity contribution in [3.63, 3.8) is 0 Å². The maximum atomic E-state index is 8.98. The number of benzene rings is 2. The van der Waals surface area contributed by atoms with Gasteiger partial charge in [0.25, 0.3) is 0 Å². The first-order valence-electron chi connectivity index (χ1n) is 9.47. The molecule has 0 saturated carbocycles. The molecule has 0 unspecified atom stereocenters. The standard InChI is InChI=1S/C22H18N6/c1-15-12-18(4-3-10-23)13-16(2)21(15)27-20-9-11-25-22(28-20)26-19-7-5-17(14-24)6-8-19/h3-9,11-13H,1-2H3,(H2,25,26,27,28)/b4-3+/i5D,7D. The Morgan fingerprint density at radius 2 is 1.86 bits per heavy atom. The Morgan fingerprint density at radius 3 is 2.57 bits per heavy atom. The Kier molecular flexibility index (Phi) is 4.86. The molecule has 6 heteroatoms. The lowest BCUT2D eigenvalue weighted by Crippen LogP contribution is -2.02. The molecule has 0 saturated heterocycles. The lowest BCUT2D eigenvalue weighted by molar-refractivity contribution is 1.16. The van der Waals surface area contributed by atoms with Crippen LogP contribution < -0.4 is 10.6 Å². The number of nitrogens with one attached hydrogen (secondary N) is 2. The van der Waals surface area contributed by atoms with Gasteiger partial charge in [-0.3, -0.25) is 0 Å². The molecule has 2 N–H and O–H groups in total. The summed E-state index contributed by atoms with van der Waals surface area (Å²) in [6.07, 6.45) is 4.78.